The van der Waals surface area contributed by atoms with E-state index in [1.807, 2.05) is 36.4 Å². The summed E-state index contributed by atoms with van der Waals surface area (Å²) in [6.45, 7) is 4.09. The van der Waals surface area contributed by atoms with Crippen molar-refractivity contribution in [3.05, 3.63) is 64.2 Å². The van der Waals surface area contributed by atoms with Gasteiger partial charge in [0.05, 0.1) is 19.0 Å². The van der Waals surface area contributed by atoms with E-state index in [4.69, 9.17) is 21.1 Å². The molecule has 0 bridgehead atoms. The first-order valence-electron chi connectivity index (χ1n) is 11.4. The number of hydrogen-bond donors (Lipinski definition) is 1. The van der Waals surface area contributed by atoms with Gasteiger partial charge in [0.25, 0.3) is 0 Å². The Balaban J connectivity index is 1.80. The highest BCUT2D eigenvalue weighted by Crippen LogP contribution is 2.37. The molecule has 0 fully saturated rings. The lowest BCUT2D eigenvalue weighted by Crippen LogP contribution is -2.43. The molecule has 33 heavy (non-hydrogen) atoms. The molecule has 0 heterocycles. The first kappa shape index (κ1) is 25.4. The second-order valence-electron chi connectivity index (χ2n) is 8.25. The van der Waals surface area contributed by atoms with Gasteiger partial charge in [0, 0.05) is 22.7 Å². The number of alkyl carbamates (subject to hydrolysis) is 1. The van der Waals surface area contributed by atoms with Crippen LogP contribution in [0.4, 0.5) is 4.79 Å². The molecule has 3 rings (SSSR count). The zero-order valence-corrected chi connectivity index (χ0v) is 20.8. The summed E-state index contributed by atoms with van der Waals surface area (Å²) in [4.78, 5) is 12.2. The Kier molecular flexibility index (Phi) is 9.03. The van der Waals surface area contributed by atoms with E-state index in [2.05, 4.69) is 11.4 Å². The highest BCUT2D eigenvalue weighted by atomic mass is 35.5. The van der Waals surface area contributed by atoms with Gasteiger partial charge in [-0.05, 0) is 73.6 Å². The predicted molar refractivity (Wildman–Crippen MR) is 131 cm³/mol. The van der Waals surface area contributed by atoms with Crippen LogP contribution >= 0.6 is 11.6 Å². The van der Waals surface area contributed by atoms with E-state index in [0.717, 1.165) is 24.0 Å². The van der Waals surface area contributed by atoms with E-state index in [9.17, 15) is 13.2 Å². The van der Waals surface area contributed by atoms with Crippen LogP contribution in [0.2, 0.25) is 5.02 Å². The molecule has 1 aliphatic carbocycles. The molecule has 1 aliphatic rings. The summed E-state index contributed by atoms with van der Waals surface area (Å²) < 4.78 is 34.4. The molecule has 1 N–H and O–H groups in total. The second-order valence-corrected chi connectivity index (χ2v) is 11.2. The topological polar surface area (TPSA) is 81.7 Å². The number of rotatable bonds is 10. The molecule has 2 aromatic rings. The zero-order chi connectivity index (χ0) is 23.8. The highest BCUT2D eigenvalue weighted by Gasteiger charge is 2.31. The zero-order valence-electron chi connectivity index (χ0n) is 19.2. The maximum Gasteiger partial charge on any atom is 0.407 e. The largest absolute Gasteiger partial charge is 0.494 e. The third kappa shape index (κ3) is 7.37. The summed E-state index contributed by atoms with van der Waals surface area (Å²) >= 11 is 6.21. The number of carbonyl (C=O) groups excluding carboxylic acids is 1. The van der Waals surface area contributed by atoms with Crippen molar-refractivity contribution >= 4 is 27.5 Å². The Hall–Kier alpha value is -2.25. The Morgan fingerprint density at radius 2 is 2.00 bits per heavy atom. The first-order valence-corrected chi connectivity index (χ1v) is 13.6. The summed E-state index contributed by atoms with van der Waals surface area (Å²) in [5.74, 6) is 1.000. The number of sulfone groups is 1. The van der Waals surface area contributed by atoms with Gasteiger partial charge in [0.15, 0.2) is 0 Å². The summed E-state index contributed by atoms with van der Waals surface area (Å²) in [5, 5.41) is 3.72. The Morgan fingerprint density at radius 1 is 1.18 bits per heavy atom. The van der Waals surface area contributed by atoms with Crippen molar-refractivity contribution in [2.75, 3.05) is 24.7 Å². The van der Waals surface area contributed by atoms with Gasteiger partial charge < -0.3 is 14.8 Å². The molecule has 8 heteroatoms. The van der Waals surface area contributed by atoms with Gasteiger partial charge >= 0.3 is 6.09 Å². The smallest absolute Gasteiger partial charge is 0.407 e. The van der Waals surface area contributed by atoms with E-state index in [1.165, 1.54) is 5.56 Å². The third-order valence-corrected chi connectivity index (χ3v) is 7.98. The van der Waals surface area contributed by atoms with Crippen LogP contribution in [0.25, 0.3) is 0 Å². The van der Waals surface area contributed by atoms with E-state index >= 15 is 0 Å². The van der Waals surface area contributed by atoms with Crippen molar-refractivity contribution in [2.45, 2.75) is 51.5 Å². The van der Waals surface area contributed by atoms with Crippen molar-refractivity contribution in [3.8, 4) is 5.75 Å². The molecular weight excluding hydrogens is 462 g/mol. The van der Waals surface area contributed by atoms with Crippen molar-refractivity contribution < 1.29 is 22.7 Å². The van der Waals surface area contributed by atoms with Crippen molar-refractivity contribution in [3.63, 3.8) is 0 Å². The molecule has 2 aromatic carbocycles. The number of ether oxygens (including phenoxy) is 2. The van der Waals surface area contributed by atoms with Crippen LogP contribution in [0.15, 0.2) is 42.5 Å². The Morgan fingerprint density at radius 3 is 2.73 bits per heavy atom. The van der Waals surface area contributed by atoms with Crippen LogP contribution in [0.1, 0.15) is 49.3 Å². The number of amides is 1. The van der Waals surface area contributed by atoms with Crippen molar-refractivity contribution in [1.82, 2.24) is 5.32 Å². The first-order chi connectivity index (χ1) is 15.8. The number of benzene rings is 2. The summed E-state index contributed by atoms with van der Waals surface area (Å²) in [7, 11) is -3.00. The lowest BCUT2D eigenvalue weighted by atomic mass is 9.76. The molecule has 0 radical (unpaired) electrons. The Bertz CT molecular complexity index is 1060. The van der Waals surface area contributed by atoms with Crippen LogP contribution in [-0.2, 0) is 27.4 Å². The van der Waals surface area contributed by atoms with Crippen LogP contribution < -0.4 is 10.1 Å². The van der Waals surface area contributed by atoms with Gasteiger partial charge in [0.1, 0.15) is 15.6 Å². The maximum absolute atomic E-state index is 12.2. The predicted octanol–water partition coefficient (Wildman–Crippen LogP) is 4.93. The van der Waals surface area contributed by atoms with Gasteiger partial charge in [-0.1, -0.05) is 36.7 Å². The van der Waals surface area contributed by atoms with Crippen LogP contribution in [0.5, 0.6) is 5.75 Å². The van der Waals surface area contributed by atoms with Crippen LogP contribution in [-0.4, -0.2) is 45.3 Å². The van der Waals surface area contributed by atoms with Gasteiger partial charge in [-0.2, -0.15) is 0 Å². The lowest BCUT2D eigenvalue weighted by molar-refractivity contribution is 0.144. The van der Waals surface area contributed by atoms with E-state index in [-0.39, 0.29) is 23.5 Å². The fraction of sp³-hybridized carbons (Fsp3) is 0.480. The number of carbonyl (C=O) groups is 1. The standard InChI is InChI=1S/C25H32ClNO5S/c1-3-31-25(28)27-24-12-10-19-9-11-21(32-13-6-14-33(29,30)4-2)17-22(19)23(24)16-18-7-5-8-20(26)15-18/h5,7-9,11,15,17,23-24H,3-4,6,10,12-14,16H2,1-2H3,(H,27,28). The van der Waals surface area contributed by atoms with Gasteiger partial charge in [-0.25, -0.2) is 13.2 Å². The fourth-order valence-electron chi connectivity index (χ4n) is 4.24. The molecular formula is C25H32ClNO5S. The van der Waals surface area contributed by atoms with E-state index < -0.39 is 15.9 Å². The number of aryl methyl sites for hydroxylation is 1. The number of hydrogen-bond acceptors (Lipinski definition) is 5. The summed E-state index contributed by atoms with van der Waals surface area (Å²) in [5.41, 5.74) is 3.44. The maximum atomic E-state index is 12.2. The molecule has 180 valence electrons. The van der Waals surface area contributed by atoms with Gasteiger partial charge in [-0.3, -0.25) is 0 Å². The monoisotopic (exact) mass is 493 g/mol. The van der Waals surface area contributed by atoms with Crippen molar-refractivity contribution in [2.24, 2.45) is 0 Å². The summed E-state index contributed by atoms with van der Waals surface area (Å²) in [6.07, 6.45) is 2.40. The fourth-order valence-corrected chi connectivity index (χ4v) is 5.30. The average molecular weight is 494 g/mol. The second kappa shape index (κ2) is 11.7. The normalized spacial score (nSPS) is 17.8. The van der Waals surface area contributed by atoms with Crippen molar-refractivity contribution in [1.29, 1.82) is 0 Å². The molecule has 0 saturated heterocycles. The highest BCUT2D eigenvalue weighted by molar-refractivity contribution is 7.91. The SMILES string of the molecule is CCOC(=O)NC1CCc2ccc(OCCCS(=O)(=O)CC)cc2C1Cc1cccc(Cl)c1. The summed E-state index contributed by atoms with van der Waals surface area (Å²) in [6, 6.07) is 13.7. The quantitative estimate of drug-likeness (QED) is 0.474. The number of fused-ring (bicyclic) bond motifs is 1. The van der Waals surface area contributed by atoms with Crippen LogP contribution in [0.3, 0.4) is 0 Å². The average Bonchev–Trinajstić information content (AvgIpc) is 2.78. The minimum atomic E-state index is -3.00. The minimum absolute atomic E-state index is 0.0284. The van der Waals surface area contributed by atoms with Gasteiger partial charge in [-0.15, -0.1) is 0 Å². The molecule has 6 nitrogen and oxygen atoms in total. The number of halogens is 1. The van der Waals surface area contributed by atoms with Crippen LogP contribution in [0, 0.1) is 0 Å². The van der Waals surface area contributed by atoms with E-state index in [1.54, 1.807) is 13.8 Å². The molecule has 0 saturated carbocycles. The molecule has 0 spiro atoms. The molecule has 2 unspecified atom stereocenters. The third-order valence-electron chi connectivity index (χ3n) is 5.96. The van der Waals surface area contributed by atoms with Gasteiger partial charge in [0.2, 0.25) is 0 Å². The molecule has 0 aliphatic heterocycles. The molecule has 0 aromatic heterocycles. The minimum Gasteiger partial charge on any atom is -0.494 e. The number of nitrogens with one attached hydrogen (secondary N) is 1. The molecule has 2 atom stereocenters. The van der Waals surface area contributed by atoms with E-state index in [0.29, 0.717) is 36.8 Å². The lowest BCUT2D eigenvalue weighted by Gasteiger charge is -2.34. The molecule has 1 amide bonds. The Labute approximate surface area is 201 Å².